The van der Waals surface area contributed by atoms with Gasteiger partial charge >= 0.3 is 0 Å². The van der Waals surface area contributed by atoms with Crippen LogP contribution in [0.3, 0.4) is 0 Å². The lowest BCUT2D eigenvalue weighted by Gasteiger charge is -2.08. The molecule has 0 aliphatic heterocycles. The zero-order chi connectivity index (χ0) is 13.1. The quantitative estimate of drug-likeness (QED) is 0.806. The van der Waals surface area contributed by atoms with E-state index < -0.39 is 11.6 Å². The van der Waals surface area contributed by atoms with Crippen LogP contribution in [0.1, 0.15) is 15.9 Å². The van der Waals surface area contributed by atoms with Crippen LogP contribution < -0.4 is 4.74 Å². The summed E-state index contributed by atoms with van der Waals surface area (Å²) in [6.07, 6.45) is 0. The van der Waals surface area contributed by atoms with Gasteiger partial charge in [-0.1, -0.05) is 28.1 Å². The third-order valence-electron chi connectivity index (χ3n) is 2.52. The van der Waals surface area contributed by atoms with E-state index in [2.05, 4.69) is 15.9 Å². The lowest BCUT2D eigenvalue weighted by Crippen LogP contribution is -2.06. The Morgan fingerprint density at radius 3 is 2.56 bits per heavy atom. The first-order valence-electron chi connectivity index (χ1n) is 5.26. The molecule has 18 heavy (non-hydrogen) atoms. The molecule has 4 heteroatoms. The van der Waals surface area contributed by atoms with E-state index in [1.165, 1.54) is 19.2 Å². The summed E-state index contributed by atoms with van der Waals surface area (Å²) in [7, 11) is 1.47. The first kappa shape index (κ1) is 12.8. The van der Waals surface area contributed by atoms with E-state index in [0.717, 1.165) is 4.47 Å². The summed E-state index contributed by atoms with van der Waals surface area (Å²) in [5.41, 5.74) is 0.367. The molecule has 0 radical (unpaired) electrons. The SMILES string of the molecule is COc1ccc(Br)cc1C(=O)c1ccccc1F. The Labute approximate surface area is 113 Å². The summed E-state index contributed by atoms with van der Waals surface area (Å²) >= 11 is 3.28. The molecule has 0 saturated carbocycles. The molecule has 0 amide bonds. The van der Waals surface area contributed by atoms with E-state index in [1.807, 2.05) is 0 Å². The number of ether oxygens (including phenoxy) is 1. The molecule has 2 nitrogen and oxygen atoms in total. The van der Waals surface area contributed by atoms with Gasteiger partial charge in [0, 0.05) is 4.47 Å². The lowest BCUT2D eigenvalue weighted by molar-refractivity contribution is 0.103. The summed E-state index contributed by atoms with van der Waals surface area (Å²) < 4.78 is 19.4. The largest absolute Gasteiger partial charge is 0.496 e. The van der Waals surface area contributed by atoms with Gasteiger partial charge in [-0.25, -0.2) is 4.39 Å². The number of halogens is 2. The minimum absolute atomic E-state index is 0.0360. The van der Waals surface area contributed by atoms with Crippen LogP contribution in [0.25, 0.3) is 0 Å². The number of carbonyl (C=O) groups is 1. The van der Waals surface area contributed by atoms with Gasteiger partial charge in [-0.15, -0.1) is 0 Å². The van der Waals surface area contributed by atoms with Gasteiger partial charge < -0.3 is 4.74 Å². The van der Waals surface area contributed by atoms with Crippen molar-refractivity contribution < 1.29 is 13.9 Å². The lowest BCUT2D eigenvalue weighted by atomic mass is 10.0. The zero-order valence-electron chi connectivity index (χ0n) is 9.61. The first-order chi connectivity index (χ1) is 8.63. The van der Waals surface area contributed by atoms with Crippen molar-refractivity contribution in [1.29, 1.82) is 0 Å². The molecule has 0 aliphatic rings. The molecule has 0 fully saturated rings. The van der Waals surface area contributed by atoms with Crippen LogP contribution >= 0.6 is 15.9 Å². The van der Waals surface area contributed by atoms with Crippen molar-refractivity contribution in [1.82, 2.24) is 0 Å². The van der Waals surface area contributed by atoms with Crippen molar-refractivity contribution in [2.75, 3.05) is 7.11 Å². The highest BCUT2D eigenvalue weighted by Gasteiger charge is 2.17. The van der Waals surface area contributed by atoms with Crippen molar-refractivity contribution in [3.8, 4) is 5.75 Å². The second kappa shape index (κ2) is 5.31. The van der Waals surface area contributed by atoms with Gasteiger partial charge in [0.1, 0.15) is 11.6 Å². The Hall–Kier alpha value is -1.68. The molecule has 0 N–H and O–H groups in total. The molecule has 0 aliphatic carbocycles. The van der Waals surface area contributed by atoms with Gasteiger partial charge in [-0.2, -0.15) is 0 Å². The predicted octanol–water partition coefficient (Wildman–Crippen LogP) is 3.83. The highest BCUT2D eigenvalue weighted by molar-refractivity contribution is 9.10. The van der Waals surface area contributed by atoms with Crippen LogP contribution in [0, 0.1) is 5.82 Å². The predicted molar refractivity (Wildman–Crippen MR) is 70.5 cm³/mol. The van der Waals surface area contributed by atoms with Crippen LogP contribution in [0.2, 0.25) is 0 Å². The molecule has 0 unspecified atom stereocenters. The van der Waals surface area contributed by atoms with Gasteiger partial charge in [0.2, 0.25) is 0 Å². The average Bonchev–Trinajstić information content (AvgIpc) is 2.38. The number of hydrogen-bond acceptors (Lipinski definition) is 2. The third-order valence-corrected chi connectivity index (χ3v) is 3.02. The standard InChI is InChI=1S/C14H10BrFO2/c1-18-13-7-6-9(15)8-11(13)14(17)10-4-2-3-5-12(10)16/h2-8H,1H3. The van der Waals surface area contributed by atoms with Crippen molar-refractivity contribution in [2.45, 2.75) is 0 Å². The average molecular weight is 309 g/mol. The fourth-order valence-corrected chi connectivity index (χ4v) is 2.01. The molecule has 0 saturated heterocycles. The number of benzene rings is 2. The Kier molecular flexibility index (Phi) is 3.77. The molecule has 0 heterocycles. The number of rotatable bonds is 3. The van der Waals surface area contributed by atoms with Gasteiger partial charge in [0.05, 0.1) is 18.2 Å². The summed E-state index contributed by atoms with van der Waals surface area (Å²) in [4.78, 5) is 12.3. The topological polar surface area (TPSA) is 26.3 Å². The second-order valence-electron chi connectivity index (χ2n) is 3.65. The number of methoxy groups -OCH3 is 1. The van der Waals surface area contributed by atoms with Gasteiger partial charge in [-0.3, -0.25) is 4.79 Å². The molecule has 0 atom stereocenters. The molecule has 2 rings (SSSR count). The minimum atomic E-state index is -0.537. The van der Waals surface area contributed by atoms with Crippen LogP contribution in [0.15, 0.2) is 46.9 Å². The van der Waals surface area contributed by atoms with E-state index in [-0.39, 0.29) is 5.56 Å². The molecule has 0 bridgehead atoms. The first-order valence-corrected chi connectivity index (χ1v) is 6.05. The molecular formula is C14H10BrFO2. The minimum Gasteiger partial charge on any atom is -0.496 e. The maximum atomic E-state index is 13.6. The monoisotopic (exact) mass is 308 g/mol. The Bertz CT molecular complexity index is 596. The van der Waals surface area contributed by atoms with Crippen LogP contribution in [-0.2, 0) is 0 Å². The maximum absolute atomic E-state index is 13.6. The normalized spacial score (nSPS) is 10.2. The molecule has 92 valence electrons. The van der Waals surface area contributed by atoms with E-state index in [9.17, 15) is 9.18 Å². The van der Waals surface area contributed by atoms with Gasteiger partial charge in [-0.05, 0) is 30.3 Å². The van der Waals surface area contributed by atoms with E-state index in [0.29, 0.717) is 11.3 Å². The van der Waals surface area contributed by atoms with Crippen molar-refractivity contribution in [3.63, 3.8) is 0 Å². The third kappa shape index (κ3) is 2.43. The van der Waals surface area contributed by atoms with Crippen LogP contribution in [0.5, 0.6) is 5.75 Å². The van der Waals surface area contributed by atoms with E-state index in [1.54, 1.807) is 30.3 Å². The van der Waals surface area contributed by atoms with Crippen molar-refractivity contribution >= 4 is 21.7 Å². The Morgan fingerprint density at radius 2 is 1.89 bits per heavy atom. The maximum Gasteiger partial charge on any atom is 0.199 e. The molecule has 0 aromatic heterocycles. The molecule has 2 aromatic rings. The molecule has 2 aromatic carbocycles. The van der Waals surface area contributed by atoms with E-state index in [4.69, 9.17) is 4.74 Å². The summed E-state index contributed by atoms with van der Waals surface area (Å²) in [6, 6.07) is 10.9. The highest BCUT2D eigenvalue weighted by Crippen LogP contribution is 2.26. The smallest absolute Gasteiger partial charge is 0.199 e. The fraction of sp³-hybridized carbons (Fsp3) is 0.0714. The number of ketones is 1. The zero-order valence-corrected chi connectivity index (χ0v) is 11.2. The molecular weight excluding hydrogens is 299 g/mol. The fourth-order valence-electron chi connectivity index (χ4n) is 1.65. The van der Waals surface area contributed by atoms with Crippen LogP contribution in [0.4, 0.5) is 4.39 Å². The number of carbonyl (C=O) groups excluding carboxylic acids is 1. The van der Waals surface area contributed by atoms with Crippen LogP contribution in [-0.4, -0.2) is 12.9 Å². The Morgan fingerprint density at radius 1 is 1.17 bits per heavy atom. The Balaban J connectivity index is 2.52. The van der Waals surface area contributed by atoms with Gasteiger partial charge in [0.25, 0.3) is 0 Å². The summed E-state index contributed by atoms with van der Waals surface area (Å²) in [5.74, 6) is -0.512. The van der Waals surface area contributed by atoms with Gasteiger partial charge in [0.15, 0.2) is 5.78 Å². The van der Waals surface area contributed by atoms with Crippen molar-refractivity contribution in [3.05, 3.63) is 63.9 Å². The van der Waals surface area contributed by atoms with Crippen molar-refractivity contribution in [2.24, 2.45) is 0 Å². The highest BCUT2D eigenvalue weighted by atomic mass is 79.9. The van der Waals surface area contributed by atoms with E-state index >= 15 is 0 Å². The molecule has 0 spiro atoms. The number of hydrogen-bond donors (Lipinski definition) is 0. The summed E-state index contributed by atoms with van der Waals surface area (Å²) in [5, 5.41) is 0. The second-order valence-corrected chi connectivity index (χ2v) is 4.57. The summed E-state index contributed by atoms with van der Waals surface area (Å²) in [6.45, 7) is 0.